The summed E-state index contributed by atoms with van der Waals surface area (Å²) in [6.45, 7) is 3.99. The molecule has 0 aliphatic rings. The summed E-state index contributed by atoms with van der Waals surface area (Å²) in [4.78, 5) is 11.1. The molecule has 0 amide bonds. The maximum Gasteiger partial charge on any atom is 0.330 e. The van der Waals surface area contributed by atoms with Gasteiger partial charge in [-0.2, -0.15) is 5.26 Å². The van der Waals surface area contributed by atoms with Crippen LogP contribution in [0, 0.1) is 18.3 Å². The van der Waals surface area contributed by atoms with Gasteiger partial charge >= 0.3 is 5.97 Å². The zero-order chi connectivity index (χ0) is 12.0. The molecule has 0 bridgehead atoms. The highest BCUT2D eigenvalue weighted by Crippen LogP contribution is 2.11. The molecule has 0 atom stereocenters. The Kier molecular flexibility index (Phi) is 4.28. The molecule has 82 valence electrons. The van der Waals surface area contributed by atoms with Gasteiger partial charge in [0.15, 0.2) is 0 Å². The second kappa shape index (κ2) is 5.72. The highest BCUT2D eigenvalue weighted by Gasteiger charge is 1.98. The molecule has 0 unspecified atom stereocenters. The van der Waals surface area contributed by atoms with Gasteiger partial charge in [0.05, 0.1) is 18.2 Å². The number of benzene rings is 1. The van der Waals surface area contributed by atoms with Crippen molar-refractivity contribution < 1.29 is 9.53 Å². The third-order valence-corrected chi connectivity index (χ3v) is 2.07. The number of rotatable bonds is 3. The van der Waals surface area contributed by atoms with E-state index in [2.05, 4.69) is 6.07 Å². The van der Waals surface area contributed by atoms with Gasteiger partial charge in [-0.15, -0.1) is 0 Å². The van der Waals surface area contributed by atoms with Crippen molar-refractivity contribution in [2.24, 2.45) is 0 Å². The summed E-state index contributed by atoms with van der Waals surface area (Å²) in [5.41, 5.74) is 2.42. The summed E-state index contributed by atoms with van der Waals surface area (Å²) in [6, 6.07) is 7.48. The predicted octanol–water partition coefficient (Wildman–Crippen LogP) is 2.44. The number of aryl methyl sites for hydroxylation is 1. The Bertz CT molecular complexity index is 455. The topological polar surface area (TPSA) is 50.1 Å². The van der Waals surface area contributed by atoms with E-state index in [9.17, 15) is 4.79 Å². The highest BCUT2D eigenvalue weighted by molar-refractivity contribution is 5.87. The van der Waals surface area contributed by atoms with Gasteiger partial charge in [0.25, 0.3) is 0 Å². The van der Waals surface area contributed by atoms with Crippen molar-refractivity contribution in [2.45, 2.75) is 13.8 Å². The number of hydrogen-bond acceptors (Lipinski definition) is 3. The van der Waals surface area contributed by atoms with Gasteiger partial charge in [0, 0.05) is 6.08 Å². The van der Waals surface area contributed by atoms with Crippen LogP contribution in [-0.2, 0) is 9.53 Å². The molecule has 0 aliphatic heterocycles. The maximum atomic E-state index is 11.1. The molecule has 0 aromatic heterocycles. The lowest BCUT2D eigenvalue weighted by Crippen LogP contribution is -1.98. The lowest BCUT2D eigenvalue weighted by atomic mass is 10.1. The molecule has 16 heavy (non-hydrogen) atoms. The smallest absolute Gasteiger partial charge is 0.330 e. The SMILES string of the molecule is CCOC(=O)/C=C/c1ccc(C#N)c(C)c1. The molecule has 1 aromatic rings. The van der Waals surface area contributed by atoms with Crippen LogP contribution in [0.25, 0.3) is 6.08 Å². The minimum atomic E-state index is -0.357. The summed E-state index contributed by atoms with van der Waals surface area (Å²) < 4.78 is 4.76. The molecule has 0 heterocycles. The average Bonchev–Trinajstić information content (AvgIpc) is 2.27. The molecule has 3 heteroatoms. The Balaban J connectivity index is 2.80. The van der Waals surface area contributed by atoms with Crippen molar-refractivity contribution >= 4 is 12.0 Å². The fraction of sp³-hybridized carbons (Fsp3) is 0.231. The van der Waals surface area contributed by atoms with E-state index in [-0.39, 0.29) is 5.97 Å². The van der Waals surface area contributed by atoms with E-state index in [1.165, 1.54) is 6.08 Å². The van der Waals surface area contributed by atoms with Crippen LogP contribution in [0.4, 0.5) is 0 Å². The van der Waals surface area contributed by atoms with Crippen molar-refractivity contribution in [3.05, 3.63) is 41.0 Å². The second-order valence-corrected chi connectivity index (χ2v) is 3.27. The number of carbonyl (C=O) groups excluding carboxylic acids is 1. The zero-order valence-electron chi connectivity index (χ0n) is 9.36. The number of ether oxygens (including phenoxy) is 1. The summed E-state index contributed by atoms with van der Waals surface area (Å²) in [6.07, 6.45) is 3.05. The van der Waals surface area contributed by atoms with Gasteiger partial charge in [-0.05, 0) is 37.1 Å². The number of hydrogen-bond donors (Lipinski definition) is 0. The molecule has 1 aromatic carbocycles. The molecule has 0 fully saturated rings. The Morgan fingerprint density at radius 2 is 2.31 bits per heavy atom. The van der Waals surface area contributed by atoms with Gasteiger partial charge in [0.2, 0.25) is 0 Å². The van der Waals surface area contributed by atoms with Crippen molar-refractivity contribution in [1.29, 1.82) is 5.26 Å². The van der Waals surface area contributed by atoms with Crippen molar-refractivity contribution in [2.75, 3.05) is 6.61 Å². The first-order valence-corrected chi connectivity index (χ1v) is 5.03. The van der Waals surface area contributed by atoms with E-state index in [1.54, 1.807) is 25.1 Å². The van der Waals surface area contributed by atoms with Crippen LogP contribution in [0.5, 0.6) is 0 Å². The summed E-state index contributed by atoms with van der Waals surface area (Å²) in [5, 5.41) is 8.76. The predicted molar refractivity (Wildman–Crippen MR) is 61.6 cm³/mol. The second-order valence-electron chi connectivity index (χ2n) is 3.27. The van der Waals surface area contributed by atoms with Crippen LogP contribution in [0.3, 0.4) is 0 Å². The quantitative estimate of drug-likeness (QED) is 0.574. The molecule has 0 spiro atoms. The van der Waals surface area contributed by atoms with E-state index < -0.39 is 0 Å². The third kappa shape index (κ3) is 3.25. The molecule has 0 radical (unpaired) electrons. The summed E-state index contributed by atoms with van der Waals surface area (Å²) >= 11 is 0. The van der Waals surface area contributed by atoms with Crippen LogP contribution in [0.2, 0.25) is 0 Å². The molecule has 3 nitrogen and oxygen atoms in total. The van der Waals surface area contributed by atoms with Crippen LogP contribution in [-0.4, -0.2) is 12.6 Å². The number of nitrogens with zero attached hydrogens (tertiary/aromatic N) is 1. The van der Waals surface area contributed by atoms with Gasteiger partial charge in [0.1, 0.15) is 0 Å². The molecule has 0 saturated heterocycles. The minimum Gasteiger partial charge on any atom is -0.463 e. The third-order valence-electron chi connectivity index (χ3n) is 2.07. The Labute approximate surface area is 95.0 Å². The van der Waals surface area contributed by atoms with Crippen LogP contribution < -0.4 is 0 Å². The van der Waals surface area contributed by atoms with Gasteiger partial charge in [-0.1, -0.05) is 12.1 Å². The van der Waals surface area contributed by atoms with Crippen LogP contribution in [0.15, 0.2) is 24.3 Å². The number of carbonyl (C=O) groups is 1. The summed E-state index contributed by atoms with van der Waals surface area (Å²) in [7, 11) is 0. The van der Waals surface area contributed by atoms with E-state index in [1.807, 2.05) is 13.0 Å². The summed E-state index contributed by atoms with van der Waals surface area (Å²) in [5.74, 6) is -0.357. The first-order valence-electron chi connectivity index (χ1n) is 5.03. The molecular formula is C13H13NO2. The molecule has 0 aliphatic carbocycles. The number of esters is 1. The molecular weight excluding hydrogens is 202 g/mol. The van der Waals surface area contributed by atoms with Crippen LogP contribution >= 0.6 is 0 Å². The first kappa shape index (κ1) is 12.0. The van der Waals surface area contributed by atoms with Gasteiger partial charge < -0.3 is 4.74 Å². The standard InChI is InChI=1S/C13H13NO2/c1-3-16-13(15)7-5-11-4-6-12(9-14)10(2)8-11/h4-8H,3H2,1-2H3/b7-5+. The van der Waals surface area contributed by atoms with Crippen molar-refractivity contribution in [3.8, 4) is 6.07 Å². The Morgan fingerprint density at radius 3 is 2.88 bits per heavy atom. The lowest BCUT2D eigenvalue weighted by Gasteiger charge is -1.99. The van der Waals surface area contributed by atoms with Gasteiger partial charge in [-0.25, -0.2) is 4.79 Å². The van der Waals surface area contributed by atoms with E-state index >= 15 is 0 Å². The first-order chi connectivity index (χ1) is 7.67. The fourth-order valence-electron chi connectivity index (χ4n) is 1.27. The normalized spacial score (nSPS) is 10.1. The maximum absolute atomic E-state index is 11.1. The Hall–Kier alpha value is -2.08. The minimum absolute atomic E-state index is 0.357. The monoisotopic (exact) mass is 215 g/mol. The lowest BCUT2D eigenvalue weighted by molar-refractivity contribution is -0.137. The molecule has 0 N–H and O–H groups in total. The highest BCUT2D eigenvalue weighted by atomic mass is 16.5. The van der Waals surface area contributed by atoms with E-state index in [4.69, 9.17) is 10.00 Å². The van der Waals surface area contributed by atoms with Crippen LogP contribution in [0.1, 0.15) is 23.6 Å². The average molecular weight is 215 g/mol. The van der Waals surface area contributed by atoms with Crippen molar-refractivity contribution in [1.82, 2.24) is 0 Å². The molecule has 0 saturated carbocycles. The van der Waals surface area contributed by atoms with Gasteiger partial charge in [-0.3, -0.25) is 0 Å². The number of nitriles is 1. The van der Waals surface area contributed by atoms with Crippen molar-refractivity contribution in [3.63, 3.8) is 0 Å². The van der Waals surface area contributed by atoms with E-state index in [0.717, 1.165) is 11.1 Å². The van der Waals surface area contributed by atoms with E-state index in [0.29, 0.717) is 12.2 Å². The molecule has 1 rings (SSSR count). The fourth-order valence-corrected chi connectivity index (χ4v) is 1.27. The Morgan fingerprint density at radius 1 is 1.56 bits per heavy atom. The largest absolute Gasteiger partial charge is 0.463 e. The zero-order valence-corrected chi connectivity index (χ0v) is 9.36.